The average Bonchev–Trinajstić information content (AvgIpc) is 3.21. The molecule has 5 saturated heterocycles. The Bertz CT molecular complexity index is 1320. The molecule has 0 aliphatic carbocycles. The van der Waals surface area contributed by atoms with Gasteiger partial charge in [0.2, 0.25) is 5.91 Å². The molecule has 5 fully saturated rings. The van der Waals surface area contributed by atoms with Gasteiger partial charge in [-0.15, -0.1) is 0 Å². The lowest BCUT2D eigenvalue weighted by Gasteiger charge is -2.50. The van der Waals surface area contributed by atoms with Gasteiger partial charge in [-0.3, -0.25) is 4.79 Å². The number of hydrogen-bond acceptors (Lipinski definition) is 26. The van der Waals surface area contributed by atoms with Crippen LogP contribution in [-0.2, 0) is 47.4 Å². The molecule has 0 unspecified atom stereocenters. The fourth-order valence-corrected chi connectivity index (χ4v) is 7.43. The van der Waals surface area contributed by atoms with Gasteiger partial charge in [-0.05, 0) is 0 Å². The predicted molar refractivity (Wildman–Crippen MR) is 178 cm³/mol. The summed E-state index contributed by atoms with van der Waals surface area (Å²) >= 11 is 0. The standard InChI is InChI=1S/C32H55NO26/c1-7(39)33-13-17(43)24(56-31-23(49)27(16(42)10(4-36)53-31)59-30-21(47)18(44)14(40)8(2-34)52-30)12(6-38)55-29(13)58-26-15(41)9(3-35)54-32(22(26)48)57-25-11(5-37)51-28(50)20(46)19(25)45/h8-32,34-38,40-50H,2-6H2,1H3,(H,33,39)/t8-,9-,10-,11-,12-,13-,14+,15+,16+,17-,18+,19-,20-,21-,22-,23-,24-,25-,26+,27+,28-,29+,30+,31+,32+/m1/s1. The SMILES string of the molecule is CC(=O)N[C@H]1[C@H](O[C@H]2[C@@H](O)[C@@H](CO)O[C@@H](O[C@H]3[C@H](O)[C@@H](O)[C@H](O)O[C@@H]3CO)[C@@H]2O)O[C@H](CO)[C@@H](O[C@@H]2O[C@H](CO)[C@H](O)[C@H](O[C@@H]3O[C@H](CO)[C@H](O)[C@H](O)[C@H]3O)[C@H]2O)[C@@H]1O. The second-order valence-electron chi connectivity index (χ2n) is 14.7. The van der Waals surface area contributed by atoms with Crippen LogP contribution in [0.25, 0.3) is 0 Å². The largest absolute Gasteiger partial charge is 0.394 e. The van der Waals surface area contributed by atoms with Gasteiger partial charge in [0, 0.05) is 6.92 Å². The van der Waals surface area contributed by atoms with Crippen molar-refractivity contribution in [3.63, 3.8) is 0 Å². The highest BCUT2D eigenvalue weighted by atomic mass is 16.8. The van der Waals surface area contributed by atoms with Crippen molar-refractivity contribution in [2.45, 2.75) is 160 Å². The van der Waals surface area contributed by atoms with Crippen molar-refractivity contribution >= 4 is 5.91 Å². The van der Waals surface area contributed by atoms with Crippen molar-refractivity contribution in [2.24, 2.45) is 0 Å². The topological polar surface area (TPSA) is 436 Å². The molecule has 0 aromatic heterocycles. The molecule has 5 aliphatic rings. The summed E-state index contributed by atoms with van der Waals surface area (Å²) in [7, 11) is 0. The fourth-order valence-electron chi connectivity index (χ4n) is 7.43. The van der Waals surface area contributed by atoms with Gasteiger partial charge >= 0.3 is 0 Å². The van der Waals surface area contributed by atoms with E-state index < -0.39 is 192 Å². The van der Waals surface area contributed by atoms with Crippen molar-refractivity contribution in [2.75, 3.05) is 33.0 Å². The highest BCUT2D eigenvalue weighted by Crippen LogP contribution is 2.35. The average molecular weight is 870 g/mol. The molecule has 0 spiro atoms. The van der Waals surface area contributed by atoms with E-state index in [4.69, 9.17) is 42.6 Å². The van der Waals surface area contributed by atoms with E-state index >= 15 is 0 Å². The molecule has 344 valence electrons. The molecule has 0 bridgehead atoms. The fraction of sp³-hybridized carbons (Fsp3) is 0.969. The number of carbonyl (C=O) groups excluding carboxylic acids is 1. The Balaban J connectivity index is 1.35. The zero-order valence-corrected chi connectivity index (χ0v) is 31.2. The smallest absolute Gasteiger partial charge is 0.217 e. The highest BCUT2D eigenvalue weighted by Gasteiger charge is 2.57. The van der Waals surface area contributed by atoms with Crippen molar-refractivity contribution < 1.29 is 129 Å². The number of nitrogens with one attached hydrogen (secondary N) is 1. The highest BCUT2D eigenvalue weighted by molar-refractivity contribution is 5.73. The molecule has 0 saturated carbocycles. The minimum absolute atomic E-state index is 0.817. The van der Waals surface area contributed by atoms with Gasteiger partial charge in [0.25, 0.3) is 0 Å². The number of rotatable bonds is 14. The van der Waals surface area contributed by atoms with Crippen LogP contribution >= 0.6 is 0 Å². The number of hydrogen-bond donors (Lipinski definition) is 17. The number of ether oxygens (including phenoxy) is 9. The van der Waals surface area contributed by atoms with Crippen LogP contribution in [0.1, 0.15) is 6.92 Å². The molecule has 59 heavy (non-hydrogen) atoms. The second-order valence-corrected chi connectivity index (χ2v) is 14.7. The van der Waals surface area contributed by atoms with Gasteiger partial charge in [-0.1, -0.05) is 0 Å². The Kier molecular flexibility index (Phi) is 17.1. The molecule has 5 rings (SSSR count). The van der Waals surface area contributed by atoms with Gasteiger partial charge in [0.05, 0.1) is 33.0 Å². The number of carbonyl (C=O) groups is 1. The van der Waals surface area contributed by atoms with E-state index in [1.165, 1.54) is 0 Å². The van der Waals surface area contributed by atoms with Gasteiger partial charge in [-0.2, -0.15) is 0 Å². The first-order chi connectivity index (χ1) is 27.9. The van der Waals surface area contributed by atoms with E-state index in [1.54, 1.807) is 0 Å². The molecule has 27 heteroatoms. The Labute approximate surface area is 333 Å². The molecular weight excluding hydrogens is 814 g/mol. The monoisotopic (exact) mass is 869 g/mol. The Morgan fingerprint density at radius 2 is 0.780 bits per heavy atom. The van der Waals surface area contributed by atoms with Gasteiger partial charge in [-0.25, -0.2) is 0 Å². The number of aliphatic hydroxyl groups excluding tert-OH is 16. The van der Waals surface area contributed by atoms with Gasteiger partial charge < -0.3 is 130 Å². The summed E-state index contributed by atoms with van der Waals surface area (Å²) in [5, 5.41) is 169. The lowest BCUT2D eigenvalue weighted by Crippen LogP contribution is -2.70. The van der Waals surface area contributed by atoms with E-state index in [9.17, 15) is 86.5 Å². The minimum atomic E-state index is -2.09. The predicted octanol–water partition coefficient (Wildman–Crippen LogP) is -11.8. The molecule has 25 atom stereocenters. The van der Waals surface area contributed by atoms with Crippen LogP contribution in [0.4, 0.5) is 0 Å². The molecule has 1 amide bonds. The molecule has 0 radical (unpaired) electrons. The van der Waals surface area contributed by atoms with E-state index in [2.05, 4.69) is 5.32 Å². The first kappa shape index (κ1) is 48.5. The van der Waals surface area contributed by atoms with Crippen LogP contribution in [0.15, 0.2) is 0 Å². The van der Waals surface area contributed by atoms with Crippen molar-refractivity contribution in [3.8, 4) is 0 Å². The van der Waals surface area contributed by atoms with Crippen LogP contribution in [-0.4, -0.2) is 274 Å². The van der Waals surface area contributed by atoms with E-state index in [0.717, 1.165) is 6.92 Å². The summed E-state index contributed by atoms with van der Waals surface area (Å²) in [5.41, 5.74) is 0. The van der Waals surface area contributed by atoms with Crippen LogP contribution in [0.5, 0.6) is 0 Å². The minimum Gasteiger partial charge on any atom is -0.394 e. The van der Waals surface area contributed by atoms with Gasteiger partial charge in [0.15, 0.2) is 31.5 Å². The molecule has 5 aliphatic heterocycles. The molecule has 0 aromatic carbocycles. The van der Waals surface area contributed by atoms with Crippen molar-refractivity contribution in [3.05, 3.63) is 0 Å². The summed E-state index contributed by atoms with van der Waals surface area (Å²) < 4.78 is 50.0. The van der Waals surface area contributed by atoms with E-state index in [1.807, 2.05) is 0 Å². The molecule has 17 N–H and O–H groups in total. The summed E-state index contributed by atoms with van der Waals surface area (Å²) in [6, 6.07) is -1.72. The second kappa shape index (κ2) is 20.8. The maximum atomic E-state index is 12.4. The third kappa shape index (κ3) is 10.2. The summed E-state index contributed by atoms with van der Waals surface area (Å²) in [5.74, 6) is -0.817. The Morgan fingerprint density at radius 1 is 0.407 bits per heavy atom. The Morgan fingerprint density at radius 3 is 1.24 bits per heavy atom. The first-order valence-corrected chi connectivity index (χ1v) is 18.6. The maximum absolute atomic E-state index is 12.4. The first-order valence-electron chi connectivity index (χ1n) is 18.6. The third-order valence-corrected chi connectivity index (χ3v) is 10.7. The Hall–Kier alpha value is -1.53. The summed E-state index contributed by atoms with van der Waals surface area (Å²) in [6.45, 7) is -3.57. The van der Waals surface area contributed by atoms with Crippen molar-refractivity contribution in [1.29, 1.82) is 0 Å². The molecule has 27 nitrogen and oxygen atoms in total. The van der Waals surface area contributed by atoms with E-state index in [0.29, 0.717) is 0 Å². The van der Waals surface area contributed by atoms with Gasteiger partial charge in [0.1, 0.15) is 122 Å². The number of aliphatic hydroxyl groups is 16. The van der Waals surface area contributed by atoms with Crippen LogP contribution in [0, 0.1) is 0 Å². The summed E-state index contributed by atoms with van der Waals surface area (Å²) in [6.07, 6.45) is -44.3. The lowest BCUT2D eigenvalue weighted by molar-refractivity contribution is -0.386. The van der Waals surface area contributed by atoms with Crippen LogP contribution in [0.3, 0.4) is 0 Å². The normalized spacial score (nSPS) is 51.0. The van der Waals surface area contributed by atoms with Crippen molar-refractivity contribution in [1.82, 2.24) is 5.32 Å². The van der Waals surface area contributed by atoms with Crippen LogP contribution in [0.2, 0.25) is 0 Å². The number of amides is 1. The maximum Gasteiger partial charge on any atom is 0.217 e. The zero-order valence-electron chi connectivity index (χ0n) is 31.2. The third-order valence-electron chi connectivity index (χ3n) is 10.7. The van der Waals surface area contributed by atoms with Crippen LogP contribution < -0.4 is 5.32 Å². The molecule has 5 heterocycles. The quantitative estimate of drug-likeness (QED) is 0.0770. The molecule has 0 aromatic rings. The summed E-state index contributed by atoms with van der Waals surface area (Å²) in [4.78, 5) is 12.4. The lowest BCUT2D eigenvalue weighted by atomic mass is 9.94. The van der Waals surface area contributed by atoms with E-state index in [-0.39, 0.29) is 0 Å². The molecular formula is C32H55NO26. The zero-order chi connectivity index (χ0) is 43.6.